The molecule has 2 aromatic rings. The minimum Gasteiger partial charge on any atom is -0.508 e. The fraction of sp³-hybridized carbons (Fsp3) is 0.0833. The lowest BCUT2D eigenvalue weighted by Crippen LogP contribution is -1.98. The Kier molecular flexibility index (Phi) is 2.56. The van der Waals surface area contributed by atoms with E-state index in [1.165, 1.54) is 11.3 Å². The number of carbonyl (C=O) groups is 1. The van der Waals surface area contributed by atoms with Gasteiger partial charge in [0.25, 0.3) is 0 Å². The maximum absolute atomic E-state index is 11.9. The summed E-state index contributed by atoms with van der Waals surface area (Å²) in [6, 6.07) is 8.55. The van der Waals surface area contributed by atoms with E-state index in [1.54, 1.807) is 31.2 Å². The number of ketones is 1. The van der Waals surface area contributed by atoms with Crippen molar-refractivity contribution in [3.63, 3.8) is 0 Å². The van der Waals surface area contributed by atoms with Gasteiger partial charge in [0.1, 0.15) is 5.75 Å². The lowest BCUT2D eigenvalue weighted by atomic mass is 10.1. The second kappa shape index (κ2) is 3.87. The van der Waals surface area contributed by atoms with E-state index in [9.17, 15) is 9.90 Å². The molecule has 0 aliphatic heterocycles. The van der Waals surface area contributed by atoms with Crippen molar-refractivity contribution in [2.45, 2.75) is 6.92 Å². The van der Waals surface area contributed by atoms with E-state index < -0.39 is 0 Å². The van der Waals surface area contributed by atoms with Gasteiger partial charge in [0.05, 0.1) is 4.88 Å². The highest BCUT2D eigenvalue weighted by Gasteiger charge is 2.10. The molecule has 0 fully saturated rings. The van der Waals surface area contributed by atoms with Crippen LogP contribution in [0.1, 0.15) is 20.8 Å². The molecule has 0 aliphatic carbocycles. The quantitative estimate of drug-likeness (QED) is 0.787. The predicted octanol–water partition coefficient (Wildman–Crippen LogP) is 2.99. The van der Waals surface area contributed by atoms with Crippen molar-refractivity contribution in [3.8, 4) is 5.75 Å². The lowest BCUT2D eigenvalue weighted by Gasteiger charge is -2.01. The number of carbonyl (C=O) groups excluding carboxylic acids is 1. The first-order valence-electron chi connectivity index (χ1n) is 4.56. The number of thiophene rings is 1. The summed E-state index contributed by atoms with van der Waals surface area (Å²) in [4.78, 5) is 12.6. The van der Waals surface area contributed by atoms with Crippen LogP contribution in [0, 0.1) is 6.92 Å². The average molecular weight is 218 g/mol. The minimum absolute atomic E-state index is 0.00750. The number of aromatic hydroxyl groups is 1. The smallest absolute Gasteiger partial charge is 0.202 e. The number of hydrogen-bond donors (Lipinski definition) is 1. The van der Waals surface area contributed by atoms with Crippen molar-refractivity contribution in [1.29, 1.82) is 0 Å². The van der Waals surface area contributed by atoms with Gasteiger partial charge in [-0.05, 0) is 42.1 Å². The van der Waals surface area contributed by atoms with Crippen LogP contribution in [0.25, 0.3) is 0 Å². The van der Waals surface area contributed by atoms with Crippen molar-refractivity contribution in [3.05, 3.63) is 51.7 Å². The molecule has 0 saturated heterocycles. The van der Waals surface area contributed by atoms with E-state index >= 15 is 0 Å². The molecule has 1 N–H and O–H groups in total. The molecule has 15 heavy (non-hydrogen) atoms. The molecule has 1 heterocycles. The van der Waals surface area contributed by atoms with E-state index in [-0.39, 0.29) is 11.5 Å². The van der Waals surface area contributed by atoms with Crippen LogP contribution in [-0.4, -0.2) is 10.9 Å². The third-order valence-corrected chi connectivity index (χ3v) is 3.07. The van der Waals surface area contributed by atoms with E-state index in [2.05, 4.69) is 0 Å². The second-order valence-electron chi connectivity index (χ2n) is 3.31. The molecule has 0 unspecified atom stereocenters. The molecule has 0 bridgehead atoms. The molecule has 76 valence electrons. The third kappa shape index (κ3) is 1.92. The van der Waals surface area contributed by atoms with Gasteiger partial charge >= 0.3 is 0 Å². The molecular weight excluding hydrogens is 208 g/mol. The molecule has 0 radical (unpaired) electrons. The summed E-state index contributed by atoms with van der Waals surface area (Å²) in [7, 11) is 0. The molecule has 0 amide bonds. The van der Waals surface area contributed by atoms with Crippen LogP contribution >= 0.6 is 11.3 Å². The fourth-order valence-corrected chi connectivity index (χ4v) is 2.03. The zero-order chi connectivity index (χ0) is 10.8. The van der Waals surface area contributed by atoms with Crippen LogP contribution in [-0.2, 0) is 0 Å². The van der Waals surface area contributed by atoms with Gasteiger partial charge in [-0.1, -0.05) is 6.07 Å². The number of phenols is 1. The maximum atomic E-state index is 11.9. The highest BCUT2D eigenvalue weighted by Crippen LogP contribution is 2.20. The van der Waals surface area contributed by atoms with Crippen molar-refractivity contribution < 1.29 is 9.90 Å². The normalized spacial score (nSPS) is 10.2. The van der Waals surface area contributed by atoms with Gasteiger partial charge in [-0.25, -0.2) is 0 Å². The van der Waals surface area contributed by atoms with E-state index in [4.69, 9.17) is 0 Å². The number of rotatable bonds is 2. The third-order valence-electron chi connectivity index (χ3n) is 2.20. The van der Waals surface area contributed by atoms with Gasteiger partial charge in [-0.15, -0.1) is 11.3 Å². The Bertz CT molecular complexity index is 486. The number of aryl methyl sites for hydroxylation is 1. The zero-order valence-electron chi connectivity index (χ0n) is 8.23. The Morgan fingerprint density at radius 2 is 2.13 bits per heavy atom. The Labute approximate surface area is 91.8 Å². The van der Waals surface area contributed by atoms with Crippen molar-refractivity contribution >= 4 is 17.1 Å². The summed E-state index contributed by atoms with van der Waals surface area (Å²) >= 11 is 1.42. The first-order chi connectivity index (χ1) is 7.18. The maximum Gasteiger partial charge on any atom is 0.202 e. The van der Waals surface area contributed by atoms with Crippen molar-refractivity contribution in [2.24, 2.45) is 0 Å². The Hall–Kier alpha value is -1.61. The molecule has 1 aromatic heterocycles. The number of phenolic OH excluding ortho intramolecular Hbond substituents is 1. The standard InChI is InChI=1S/C12H10O2S/c1-8-7-9(4-5-10(8)13)12(14)11-3-2-6-15-11/h2-7,13H,1H3. The lowest BCUT2D eigenvalue weighted by molar-refractivity contribution is 0.104. The van der Waals surface area contributed by atoms with Gasteiger partial charge in [0, 0.05) is 5.56 Å². The molecule has 2 rings (SSSR count). The van der Waals surface area contributed by atoms with Gasteiger partial charge in [-0.2, -0.15) is 0 Å². The molecule has 0 aliphatic rings. The van der Waals surface area contributed by atoms with Crippen LogP contribution in [0.4, 0.5) is 0 Å². The van der Waals surface area contributed by atoms with Crippen molar-refractivity contribution in [2.75, 3.05) is 0 Å². The monoisotopic (exact) mass is 218 g/mol. The Balaban J connectivity index is 2.39. The topological polar surface area (TPSA) is 37.3 Å². The fourth-order valence-electron chi connectivity index (χ4n) is 1.35. The SMILES string of the molecule is Cc1cc(C(=O)c2cccs2)ccc1O. The zero-order valence-corrected chi connectivity index (χ0v) is 9.04. The molecule has 2 nitrogen and oxygen atoms in total. The summed E-state index contributed by atoms with van der Waals surface area (Å²) in [6.45, 7) is 1.78. The summed E-state index contributed by atoms with van der Waals surface area (Å²) in [6.07, 6.45) is 0. The van der Waals surface area contributed by atoms with Crippen LogP contribution < -0.4 is 0 Å². The van der Waals surface area contributed by atoms with Gasteiger partial charge < -0.3 is 5.11 Å². The highest BCUT2D eigenvalue weighted by atomic mass is 32.1. The number of benzene rings is 1. The van der Waals surface area contributed by atoms with E-state index in [1.807, 2.05) is 11.4 Å². The predicted molar refractivity (Wildman–Crippen MR) is 60.6 cm³/mol. The van der Waals surface area contributed by atoms with E-state index in [0.717, 1.165) is 10.4 Å². The van der Waals surface area contributed by atoms with Crippen molar-refractivity contribution in [1.82, 2.24) is 0 Å². The summed E-state index contributed by atoms with van der Waals surface area (Å²) in [5, 5.41) is 11.2. The van der Waals surface area contributed by atoms with Crippen LogP contribution in [0.3, 0.4) is 0 Å². The first kappa shape index (κ1) is 9.93. The Morgan fingerprint density at radius 3 is 2.73 bits per heavy atom. The molecule has 0 spiro atoms. The van der Waals surface area contributed by atoms with Crippen LogP contribution in [0.2, 0.25) is 0 Å². The first-order valence-corrected chi connectivity index (χ1v) is 5.44. The minimum atomic E-state index is 0.00750. The second-order valence-corrected chi connectivity index (χ2v) is 4.26. The molecule has 0 atom stereocenters. The molecule has 0 saturated carbocycles. The summed E-state index contributed by atoms with van der Waals surface area (Å²) in [5.41, 5.74) is 1.34. The Morgan fingerprint density at radius 1 is 1.33 bits per heavy atom. The molecule has 3 heteroatoms. The summed E-state index contributed by atoms with van der Waals surface area (Å²) < 4.78 is 0. The summed E-state index contributed by atoms with van der Waals surface area (Å²) in [5.74, 6) is 0.228. The molecule has 1 aromatic carbocycles. The van der Waals surface area contributed by atoms with Crippen LogP contribution in [0.5, 0.6) is 5.75 Å². The molecular formula is C12H10O2S. The van der Waals surface area contributed by atoms with E-state index in [0.29, 0.717) is 5.56 Å². The highest BCUT2D eigenvalue weighted by molar-refractivity contribution is 7.12. The average Bonchev–Trinajstić information content (AvgIpc) is 2.74. The van der Waals surface area contributed by atoms with Gasteiger partial charge in [0.15, 0.2) is 0 Å². The van der Waals surface area contributed by atoms with Gasteiger partial charge in [0.2, 0.25) is 5.78 Å². The van der Waals surface area contributed by atoms with Gasteiger partial charge in [-0.3, -0.25) is 4.79 Å². The number of hydrogen-bond acceptors (Lipinski definition) is 3. The largest absolute Gasteiger partial charge is 0.508 e. The van der Waals surface area contributed by atoms with Crippen LogP contribution in [0.15, 0.2) is 35.7 Å².